The van der Waals surface area contributed by atoms with Crippen LogP contribution in [0, 0.1) is 0 Å². The normalized spacial score (nSPS) is 22.9. The van der Waals surface area contributed by atoms with Gasteiger partial charge in [0.1, 0.15) is 0 Å². The molecule has 0 radical (unpaired) electrons. The summed E-state index contributed by atoms with van der Waals surface area (Å²) in [6.45, 7) is 5.18. The van der Waals surface area contributed by atoms with Crippen LogP contribution in [0.3, 0.4) is 0 Å². The molecule has 6 heteroatoms. The van der Waals surface area contributed by atoms with Crippen molar-refractivity contribution in [2.24, 2.45) is 0 Å². The van der Waals surface area contributed by atoms with Crippen molar-refractivity contribution in [3.05, 3.63) is 0 Å². The van der Waals surface area contributed by atoms with Crippen LogP contribution in [-0.4, -0.2) is 44.9 Å². The first-order valence-corrected chi connectivity index (χ1v) is 6.83. The van der Waals surface area contributed by atoms with E-state index in [1.165, 1.54) is 4.31 Å². The van der Waals surface area contributed by atoms with Gasteiger partial charge in [0.05, 0.1) is 0 Å². The minimum atomic E-state index is -3.30. The zero-order valence-corrected chi connectivity index (χ0v) is 10.5. The van der Waals surface area contributed by atoms with Crippen LogP contribution in [0.1, 0.15) is 26.7 Å². The SMILES string of the molecule is CC(C)NS(=O)(=O)N(C)CC1CCCN1. The number of nitrogens with zero attached hydrogens (tertiary/aromatic N) is 1. The number of rotatable bonds is 5. The highest BCUT2D eigenvalue weighted by atomic mass is 32.2. The third-order valence-corrected chi connectivity index (χ3v) is 4.17. The molecular formula is C9H21N3O2S. The molecule has 0 aliphatic carbocycles. The highest BCUT2D eigenvalue weighted by Gasteiger charge is 2.23. The number of likely N-dealkylation sites (N-methyl/N-ethyl adjacent to an activating group) is 1. The summed E-state index contributed by atoms with van der Waals surface area (Å²) in [6.07, 6.45) is 2.19. The van der Waals surface area contributed by atoms with Crippen LogP contribution in [0.25, 0.3) is 0 Å². The molecule has 1 fully saturated rings. The highest BCUT2D eigenvalue weighted by molar-refractivity contribution is 7.87. The summed E-state index contributed by atoms with van der Waals surface area (Å²) in [5.74, 6) is 0. The summed E-state index contributed by atoms with van der Waals surface area (Å²) in [7, 11) is -1.69. The van der Waals surface area contributed by atoms with Gasteiger partial charge in [-0.1, -0.05) is 0 Å². The van der Waals surface area contributed by atoms with Crippen molar-refractivity contribution < 1.29 is 8.42 Å². The molecule has 0 aromatic carbocycles. The Kier molecular flexibility index (Phi) is 4.51. The molecule has 1 heterocycles. The van der Waals surface area contributed by atoms with E-state index in [0.717, 1.165) is 19.4 Å². The van der Waals surface area contributed by atoms with Gasteiger partial charge in [0, 0.05) is 25.7 Å². The maximum Gasteiger partial charge on any atom is 0.279 e. The van der Waals surface area contributed by atoms with Crippen LogP contribution in [-0.2, 0) is 10.2 Å². The van der Waals surface area contributed by atoms with E-state index >= 15 is 0 Å². The van der Waals surface area contributed by atoms with E-state index in [1.54, 1.807) is 7.05 Å². The molecule has 2 N–H and O–H groups in total. The van der Waals surface area contributed by atoms with Crippen LogP contribution in [0.15, 0.2) is 0 Å². The van der Waals surface area contributed by atoms with E-state index in [-0.39, 0.29) is 6.04 Å². The predicted octanol–water partition coefficient (Wildman–Crippen LogP) is -0.0870. The molecule has 90 valence electrons. The van der Waals surface area contributed by atoms with Crippen molar-refractivity contribution in [1.82, 2.24) is 14.3 Å². The van der Waals surface area contributed by atoms with Gasteiger partial charge in [0.15, 0.2) is 0 Å². The maximum absolute atomic E-state index is 11.7. The van der Waals surface area contributed by atoms with Gasteiger partial charge in [0.25, 0.3) is 10.2 Å². The van der Waals surface area contributed by atoms with Gasteiger partial charge in [-0.2, -0.15) is 17.4 Å². The van der Waals surface area contributed by atoms with E-state index in [0.29, 0.717) is 12.6 Å². The average Bonchev–Trinajstić information content (AvgIpc) is 2.54. The van der Waals surface area contributed by atoms with Crippen molar-refractivity contribution in [3.63, 3.8) is 0 Å². The third-order valence-electron chi connectivity index (χ3n) is 2.43. The lowest BCUT2D eigenvalue weighted by Gasteiger charge is -2.22. The van der Waals surface area contributed by atoms with E-state index in [2.05, 4.69) is 10.0 Å². The first-order chi connectivity index (χ1) is 6.92. The van der Waals surface area contributed by atoms with Gasteiger partial charge in [-0.25, -0.2) is 0 Å². The molecule has 0 saturated carbocycles. The van der Waals surface area contributed by atoms with Gasteiger partial charge in [0.2, 0.25) is 0 Å². The average molecular weight is 235 g/mol. The molecule has 1 rings (SSSR count). The Labute approximate surface area is 92.4 Å². The largest absolute Gasteiger partial charge is 0.313 e. The lowest BCUT2D eigenvalue weighted by molar-refractivity contribution is 0.407. The monoisotopic (exact) mass is 235 g/mol. The van der Waals surface area contributed by atoms with Crippen molar-refractivity contribution in [2.75, 3.05) is 20.1 Å². The Bertz CT molecular complexity index is 284. The molecule has 1 saturated heterocycles. The second-order valence-corrected chi connectivity index (χ2v) is 6.16. The second-order valence-electron chi connectivity index (χ2n) is 4.35. The Morgan fingerprint density at radius 2 is 2.20 bits per heavy atom. The zero-order valence-electron chi connectivity index (χ0n) is 9.66. The maximum atomic E-state index is 11.7. The fraction of sp³-hybridized carbons (Fsp3) is 1.00. The molecule has 0 aromatic heterocycles. The molecule has 0 spiro atoms. The van der Waals surface area contributed by atoms with Crippen molar-refractivity contribution in [1.29, 1.82) is 0 Å². The van der Waals surface area contributed by atoms with Crippen molar-refractivity contribution in [2.45, 2.75) is 38.8 Å². The lowest BCUT2D eigenvalue weighted by Crippen LogP contribution is -2.46. The molecule has 5 nitrogen and oxygen atoms in total. The fourth-order valence-corrected chi connectivity index (χ4v) is 2.86. The summed E-state index contributed by atoms with van der Waals surface area (Å²) >= 11 is 0. The van der Waals surface area contributed by atoms with E-state index in [9.17, 15) is 8.42 Å². The minimum absolute atomic E-state index is 0.0611. The molecular weight excluding hydrogens is 214 g/mol. The highest BCUT2D eigenvalue weighted by Crippen LogP contribution is 2.07. The van der Waals surface area contributed by atoms with E-state index in [4.69, 9.17) is 0 Å². The topological polar surface area (TPSA) is 61.4 Å². The smallest absolute Gasteiger partial charge is 0.279 e. The standard InChI is InChI=1S/C9H21N3O2S/c1-8(2)11-15(13,14)12(3)7-9-5-4-6-10-9/h8-11H,4-7H2,1-3H3. The Hall–Kier alpha value is -0.170. The van der Waals surface area contributed by atoms with Crippen LogP contribution >= 0.6 is 0 Å². The summed E-state index contributed by atoms with van der Waals surface area (Å²) in [4.78, 5) is 0. The number of nitrogens with one attached hydrogen (secondary N) is 2. The zero-order chi connectivity index (χ0) is 11.5. The molecule has 1 aliphatic rings. The van der Waals surface area contributed by atoms with Crippen LogP contribution in [0.5, 0.6) is 0 Å². The second kappa shape index (κ2) is 5.25. The van der Waals surface area contributed by atoms with Crippen LogP contribution in [0.4, 0.5) is 0 Å². The molecule has 0 amide bonds. The molecule has 15 heavy (non-hydrogen) atoms. The van der Waals surface area contributed by atoms with Crippen LogP contribution < -0.4 is 10.0 Å². The van der Waals surface area contributed by atoms with Gasteiger partial charge in [-0.15, -0.1) is 0 Å². The van der Waals surface area contributed by atoms with Gasteiger partial charge >= 0.3 is 0 Å². The summed E-state index contributed by atoms with van der Waals surface area (Å²) in [6, 6.07) is 0.243. The quantitative estimate of drug-likeness (QED) is 0.700. The molecule has 0 aromatic rings. The molecule has 0 bridgehead atoms. The fourth-order valence-electron chi connectivity index (χ4n) is 1.71. The lowest BCUT2D eigenvalue weighted by atomic mass is 10.2. The van der Waals surface area contributed by atoms with Gasteiger partial charge in [-0.3, -0.25) is 0 Å². The Balaban J connectivity index is 2.47. The first kappa shape index (κ1) is 12.9. The van der Waals surface area contributed by atoms with Crippen LogP contribution in [0.2, 0.25) is 0 Å². The van der Waals surface area contributed by atoms with E-state index in [1.807, 2.05) is 13.8 Å². The Morgan fingerprint density at radius 1 is 1.53 bits per heavy atom. The number of hydrogen-bond donors (Lipinski definition) is 2. The first-order valence-electron chi connectivity index (χ1n) is 5.39. The van der Waals surface area contributed by atoms with Crippen molar-refractivity contribution in [3.8, 4) is 0 Å². The third kappa shape index (κ3) is 4.06. The number of hydrogen-bond acceptors (Lipinski definition) is 3. The summed E-state index contributed by atoms with van der Waals surface area (Å²) in [5.41, 5.74) is 0. The summed E-state index contributed by atoms with van der Waals surface area (Å²) < 4.78 is 27.4. The summed E-state index contributed by atoms with van der Waals surface area (Å²) in [5, 5.41) is 3.28. The molecule has 1 unspecified atom stereocenters. The van der Waals surface area contributed by atoms with E-state index < -0.39 is 10.2 Å². The van der Waals surface area contributed by atoms with Gasteiger partial charge in [-0.05, 0) is 33.2 Å². The predicted molar refractivity (Wildman–Crippen MR) is 60.8 cm³/mol. The van der Waals surface area contributed by atoms with Crippen molar-refractivity contribution >= 4 is 10.2 Å². The minimum Gasteiger partial charge on any atom is -0.313 e. The molecule has 1 aliphatic heterocycles. The van der Waals surface area contributed by atoms with Gasteiger partial charge < -0.3 is 5.32 Å². The Morgan fingerprint density at radius 3 is 2.67 bits per heavy atom. The molecule has 1 atom stereocenters.